The summed E-state index contributed by atoms with van der Waals surface area (Å²) in [4.78, 5) is 9.29. The van der Waals surface area contributed by atoms with Crippen LogP contribution in [0.1, 0.15) is 41.1 Å². The number of aryl methyl sites for hydroxylation is 3. The van der Waals surface area contributed by atoms with E-state index >= 15 is 0 Å². The maximum absolute atomic E-state index is 6.31. The van der Waals surface area contributed by atoms with Crippen LogP contribution in [0.5, 0.6) is 0 Å². The Hall–Kier alpha value is -0.680. The molecule has 0 spiro atoms. The van der Waals surface area contributed by atoms with Gasteiger partial charge in [-0.2, -0.15) is 0 Å². The Morgan fingerprint density at radius 3 is 2.35 bits per heavy atom. The van der Waals surface area contributed by atoms with E-state index in [2.05, 4.69) is 60.5 Å². The predicted octanol–water partition coefficient (Wildman–Crippen LogP) is 5.20. The van der Waals surface area contributed by atoms with Crippen molar-refractivity contribution in [3.05, 3.63) is 43.2 Å². The monoisotopic (exact) mass is 398 g/mol. The third-order valence-electron chi connectivity index (χ3n) is 3.88. The Labute approximate surface area is 138 Å². The van der Waals surface area contributed by atoms with Crippen molar-refractivity contribution in [3.63, 3.8) is 0 Å². The summed E-state index contributed by atoms with van der Waals surface area (Å²) in [5, 5.41) is 0.579. The second kappa shape index (κ2) is 5.26. The summed E-state index contributed by atoms with van der Waals surface area (Å²) >= 11 is 8.57. The molecule has 1 saturated carbocycles. The Bertz CT molecular complexity index is 693. The summed E-state index contributed by atoms with van der Waals surface area (Å²) in [5.41, 5.74) is 5.97. The van der Waals surface area contributed by atoms with Crippen LogP contribution in [0, 0.1) is 24.3 Å². The molecule has 0 saturated heterocycles. The molecule has 2 aromatic rings. The van der Waals surface area contributed by atoms with E-state index < -0.39 is 0 Å². The summed E-state index contributed by atoms with van der Waals surface area (Å²) < 4.78 is 1.01. The Morgan fingerprint density at radius 2 is 1.70 bits per heavy atom. The fourth-order valence-corrected chi connectivity index (χ4v) is 3.24. The number of benzene rings is 1. The summed E-state index contributed by atoms with van der Waals surface area (Å²) in [5.74, 6) is 1.34. The highest BCUT2D eigenvalue weighted by molar-refractivity contribution is 14.1. The lowest BCUT2D eigenvalue weighted by Crippen LogP contribution is -2.01. The highest BCUT2D eigenvalue weighted by atomic mass is 127. The normalized spacial score (nSPS) is 14.7. The summed E-state index contributed by atoms with van der Waals surface area (Å²) in [6, 6.07) is 4.36. The number of nitrogens with zero attached hydrogens (tertiary/aromatic N) is 2. The first-order valence-electron chi connectivity index (χ1n) is 6.78. The fourth-order valence-electron chi connectivity index (χ4n) is 2.39. The molecule has 2 nitrogen and oxygen atoms in total. The van der Waals surface area contributed by atoms with Crippen molar-refractivity contribution < 1.29 is 0 Å². The molecule has 1 aromatic carbocycles. The zero-order valence-electron chi connectivity index (χ0n) is 11.8. The molecule has 0 aliphatic heterocycles. The van der Waals surface area contributed by atoms with Crippen LogP contribution in [0.25, 0.3) is 11.4 Å². The summed E-state index contributed by atoms with van der Waals surface area (Å²) in [7, 11) is 0. The number of aromatic nitrogens is 2. The highest BCUT2D eigenvalue weighted by Gasteiger charge is 2.29. The molecule has 0 amide bonds. The third-order valence-corrected chi connectivity index (χ3v) is 5.54. The lowest BCUT2D eigenvalue weighted by molar-refractivity contribution is 0.976. The maximum Gasteiger partial charge on any atom is 0.161 e. The Balaban J connectivity index is 2.17. The van der Waals surface area contributed by atoms with Gasteiger partial charge < -0.3 is 0 Å². The van der Waals surface area contributed by atoms with Crippen LogP contribution in [0.3, 0.4) is 0 Å². The van der Waals surface area contributed by atoms with Gasteiger partial charge in [0.1, 0.15) is 5.15 Å². The first-order valence-corrected chi connectivity index (χ1v) is 8.24. The summed E-state index contributed by atoms with van der Waals surface area (Å²) in [6.45, 7) is 6.35. The van der Waals surface area contributed by atoms with Gasteiger partial charge in [0.05, 0.1) is 9.26 Å². The third kappa shape index (κ3) is 2.58. The van der Waals surface area contributed by atoms with Gasteiger partial charge in [-0.05, 0) is 79.0 Å². The van der Waals surface area contributed by atoms with E-state index in [0.717, 1.165) is 20.7 Å². The second-order valence-electron chi connectivity index (χ2n) is 5.56. The zero-order chi connectivity index (χ0) is 14.4. The van der Waals surface area contributed by atoms with E-state index in [-0.39, 0.29) is 0 Å². The van der Waals surface area contributed by atoms with Crippen molar-refractivity contribution in [1.82, 2.24) is 9.97 Å². The molecule has 104 valence electrons. The minimum Gasteiger partial charge on any atom is -0.232 e. The standard InChI is InChI=1S/C16H16ClIN2/c1-8-6-10(3)12(7-9(8)2)16-19-14(11-4-5-11)13(18)15(17)20-16/h6-7,11H,4-5H2,1-3H3. The molecular weight excluding hydrogens is 383 g/mol. The van der Waals surface area contributed by atoms with Crippen molar-refractivity contribution in [2.45, 2.75) is 39.5 Å². The molecule has 1 heterocycles. The predicted molar refractivity (Wildman–Crippen MR) is 91.4 cm³/mol. The Kier molecular flexibility index (Phi) is 3.75. The molecular formula is C16H16ClIN2. The highest BCUT2D eigenvalue weighted by Crippen LogP contribution is 2.43. The minimum atomic E-state index is 0.577. The van der Waals surface area contributed by atoms with E-state index in [9.17, 15) is 0 Å². The zero-order valence-corrected chi connectivity index (χ0v) is 14.7. The molecule has 1 aliphatic rings. The van der Waals surface area contributed by atoms with Crippen LogP contribution in [0.4, 0.5) is 0 Å². The van der Waals surface area contributed by atoms with Crippen LogP contribution in [0.2, 0.25) is 5.15 Å². The first kappa shape index (κ1) is 14.3. The maximum atomic E-state index is 6.31. The van der Waals surface area contributed by atoms with E-state index in [4.69, 9.17) is 16.6 Å². The van der Waals surface area contributed by atoms with Crippen LogP contribution >= 0.6 is 34.2 Å². The van der Waals surface area contributed by atoms with E-state index in [1.165, 1.54) is 29.5 Å². The fraction of sp³-hybridized carbons (Fsp3) is 0.375. The van der Waals surface area contributed by atoms with E-state index in [1.54, 1.807) is 0 Å². The lowest BCUT2D eigenvalue weighted by Gasteiger charge is -2.11. The molecule has 1 aliphatic carbocycles. The van der Waals surface area contributed by atoms with Gasteiger partial charge in [-0.25, -0.2) is 9.97 Å². The molecule has 20 heavy (non-hydrogen) atoms. The summed E-state index contributed by atoms with van der Waals surface area (Å²) in [6.07, 6.45) is 2.43. The first-order chi connectivity index (χ1) is 9.47. The number of halogens is 2. The van der Waals surface area contributed by atoms with Crippen LogP contribution in [0.15, 0.2) is 12.1 Å². The van der Waals surface area contributed by atoms with Gasteiger partial charge in [-0.3, -0.25) is 0 Å². The van der Waals surface area contributed by atoms with Gasteiger partial charge in [-0.15, -0.1) is 0 Å². The topological polar surface area (TPSA) is 25.8 Å². The Morgan fingerprint density at radius 1 is 1.05 bits per heavy atom. The molecule has 0 unspecified atom stereocenters. The lowest BCUT2D eigenvalue weighted by atomic mass is 10.0. The molecule has 0 atom stereocenters. The van der Waals surface area contributed by atoms with E-state index in [0.29, 0.717) is 11.1 Å². The van der Waals surface area contributed by atoms with Crippen molar-refractivity contribution in [2.24, 2.45) is 0 Å². The van der Waals surface area contributed by atoms with Crippen molar-refractivity contribution >= 4 is 34.2 Å². The number of hydrogen-bond acceptors (Lipinski definition) is 2. The molecule has 1 aromatic heterocycles. The van der Waals surface area contributed by atoms with Gasteiger partial charge >= 0.3 is 0 Å². The van der Waals surface area contributed by atoms with Crippen LogP contribution in [-0.2, 0) is 0 Å². The van der Waals surface area contributed by atoms with Crippen molar-refractivity contribution in [2.75, 3.05) is 0 Å². The van der Waals surface area contributed by atoms with Crippen LogP contribution in [-0.4, -0.2) is 9.97 Å². The van der Waals surface area contributed by atoms with Crippen molar-refractivity contribution in [1.29, 1.82) is 0 Å². The molecule has 4 heteroatoms. The largest absolute Gasteiger partial charge is 0.232 e. The molecule has 0 N–H and O–H groups in total. The number of hydrogen-bond donors (Lipinski definition) is 0. The number of rotatable bonds is 2. The molecule has 0 radical (unpaired) electrons. The second-order valence-corrected chi connectivity index (χ2v) is 7.00. The smallest absolute Gasteiger partial charge is 0.161 e. The van der Waals surface area contributed by atoms with Gasteiger partial charge in [0.25, 0.3) is 0 Å². The van der Waals surface area contributed by atoms with Gasteiger partial charge in [-0.1, -0.05) is 17.7 Å². The minimum absolute atomic E-state index is 0.577. The quantitative estimate of drug-likeness (QED) is 0.513. The van der Waals surface area contributed by atoms with Crippen molar-refractivity contribution in [3.8, 4) is 11.4 Å². The molecule has 1 fully saturated rings. The van der Waals surface area contributed by atoms with Gasteiger partial charge in [0.15, 0.2) is 5.82 Å². The van der Waals surface area contributed by atoms with Gasteiger partial charge in [0.2, 0.25) is 0 Å². The van der Waals surface area contributed by atoms with Gasteiger partial charge in [0, 0.05) is 11.5 Å². The average Bonchev–Trinajstić information content (AvgIpc) is 3.21. The average molecular weight is 399 g/mol. The van der Waals surface area contributed by atoms with E-state index in [1.807, 2.05) is 0 Å². The molecule has 0 bridgehead atoms. The SMILES string of the molecule is Cc1cc(C)c(-c2nc(Cl)c(I)c(C3CC3)n2)cc1C. The molecule has 3 rings (SSSR count). The van der Waals surface area contributed by atoms with Crippen LogP contribution < -0.4 is 0 Å².